The van der Waals surface area contributed by atoms with Crippen molar-refractivity contribution in [2.45, 2.75) is 26.4 Å². The van der Waals surface area contributed by atoms with E-state index in [1.54, 1.807) is 0 Å². The van der Waals surface area contributed by atoms with Crippen molar-refractivity contribution in [1.29, 1.82) is 0 Å². The van der Waals surface area contributed by atoms with Crippen molar-refractivity contribution in [3.63, 3.8) is 0 Å². The average Bonchev–Trinajstić information content (AvgIpc) is 2.32. The normalized spacial score (nSPS) is 18.2. The molecular formula is C13H19NO3. The Labute approximate surface area is 102 Å². The second-order valence-corrected chi connectivity index (χ2v) is 4.02. The summed E-state index contributed by atoms with van der Waals surface area (Å²) in [6, 6.07) is 3.82. The van der Waals surface area contributed by atoms with E-state index in [1.807, 2.05) is 26.0 Å². The highest BCUT2D eigenvalue weighted by molar-refractivity contribution is 5.68. The molecule has 2 rings (SSSR count). The van der Waals surface area contributed by atoms with Gasteiger partial charge in [-0.15, -0.1) is 0 Å². The summed E-state index contributed by atoms with van der Waals surface area (Å²) >= 11 is 0. The third kappa shape index (κ3) is 2.47. The van der Waals surface area contributed by atoms with Crippen molar-refractivity contribution in [3.8, 4) is 11.5 Å². The molecule has 1 aliphatic rings. The minimum atomic E-state index is -0.362. The van der Waals surface area contributed by atoms with Crippen LogP contribution < -0.4 is 14.8 Å². The summed E-state index contributed by atoms with van der Waals surface area (Å²) in [5.41, 5.74) is 1.97. The van der Waals surface area contributed by atoms with Gasteiger partial charge in [0.1, 0.15) is 11.5 Å². The summed E-state index contributed by atoms with van der Waals surface area (Å²) in [7, 11) is 0. The van der Waals surface area contributed by atoms with Crippen molar-refractivity contribution in [3.05, 3.63) is 17.7 Å². The van der Waals surface area contributed by atoms with E-state index >= 15 is 0 Å². The predicted molar refractivity (Wildman–Crippen MR) is 67.0 cm³/mol. The molecule has 0 fully saturated rings. The zero-order valence-electron chi connectivity index (χ0n) is 10.3. The Kier molecular flexibility index (Phi) is 3.74. The van der Waals surface area contributed by atoms with Crippen LogP contribution in [0.3, 0.4) is 0 Å². The lowest BCUT2D eigenvalue weighted by molar-refractivity contribution is 0.182. The van der Waals surface area contributed by atoms with E-state index in [-0.39, 0.29) is 6.10 Å². The molecule has 1 aromatic rings. The molecule has 0 aromatic heterocycles. The van der Waals surface area contributed by atoms with Gasteiger partial charge in [0, 0.05) is 18.5 Å². The van der Waals surface area contributed by atoms with Crippen LogP contribution in [0, 0.1) is 0 Å². The molecule has 0 amide bonds. The Balaban J connectivity index is 2.39. The topological polar surface area (TPSA) is 50.7 Å². The SMILES string of the molecule is CCOc1ccc(OCC)c2c1CC(O)CN2. The lowest BCUT2D eigenvalue weighted by atomic mass is 9.99. The third-order valence-electron chi connectivity index (χ3n) is 2.79. The van der Waals surface area contributed by atoms with Crippen LogP contribution in [0.25, 0.3) is 0 Å². The maximum absolute atomic E-state index is 9.71. The van der Waals surface area contributed by atoms with Crippen LogP contribution in [0.5, 0.6) is 11.5 Å². The van der Waals surface area contributed by atoms with Crippen LogP contribution in [0.15, 0.2) is 12.1 Å². The van der Waals surface area contributed by atoms with Gasteiger partial charge in [0.2, 0.25) is 0 Å². The van der Waals surface area contributed by atoms with Gasteiger partial charge in [0.15, 0.2) is 0 Å². The van der Waals surface area contributed by atoms with Crippen LogP contribution in [-0.4, -0.2) is 31.0 Å². The molecule has 1 aromatic carbocycles. The lowest BCUT2D eigenvalue weighted by Gasteiger charge is -2.26. The largest absolute Gasteiger partial charge is 0.494 e. The maximum Gasteiger partial charge on any atom is 0.142 e. The molecule has 1 unspecified atom stereocenters. The predicted octanol–water partition coefficient (Wildman–Crippen LogP) is 1.81. The Morgan fingerprint density at radius 2 is 1.88 bits per heavy atom. The number of anilines is 1. The molecule has 1 heterocycles. The highest BCUT2D eigenvalue weighted by Gasteiger charge is 2.23. The van der Waals surface area contributed by atoms with E-state index in [4.69, 9.17) is 9.47 Å². The number of fused-ring (bicyclic) bond motifs is 1. The summed E-state index contributed by atoms with van der Waals surface area (Å²) in [5, 5.41) is 12.9. The summed E-state index contributed by atoms with van der Waals surface area (Å²) in [5.74, 6) is 1.66. The molecule has 0 bridgehead atoms. The van der Waals surface area contributed by atoms with Crippen LogP contribution in [0.4, 0.5) is 5.69 Å². The number of ether oxygens (including phenoxy) is 2. The Morgan fingerprint density at radius 3 is 2.59 bits per heavy atom. The van der Waals surface area contributed by atoms with Gasteiger partial charge in [-0.1, -0.05) is 0 Å². The number of benzene rings is 1. The molecule has 0 aliphatic carbocycles. The molecular weight excluding hydrogens is 218 g/mol. The quantitative estimate of drug-likeness (QED) is 0.838. The molecule has 94 valence electrons. The van der Waals surface area contributed by atoms with Crippen molar-refractivity contribution >= 4 is 5.69 Å². The maximum atomic E-state index is 9.71. The summed E-state index contributed by atoms with van der Waals surface area (Å²) in [6.07, 6.45) is 0.247. The monoisotopic (exact) mass is 237 g/mol. The van der Waals surface area contributed by atoms with Gasteiger partial charge in [-0.05, 0) is 26.0 Å². The molecule has 2 N–H and O–H groups in total. The summed E-state index contributed by atoms with van der Waals surface area (Å²) in [6.45, 7) is 5.72. The number of hydrogen-bond donors (Lipinski definition) is 2. The van der Waals surface area contributed by atoms with Crippen LogP contribution >= 0.6 is 0 Å². The Morgan fingerprint density at radius 1 is 1.24 bits per heavy atom. The van der Waals surface area contributed by atoms with Crippen LogP contribution in [0.2, 0.25) is 0 Å². The van der Waals surface area contributed by atoms with E-state index in [0.29, 0.717) is 26.2 Å². The first-order valence-electron chi connectivity index (χ1n) is 6.09. The number of aliphatic hydroxyl groups is 1. The molecule has 0 spiro atoms. The van der Waals surface area contributed by atoms with Crippen molar-refractivity contribution in [1.82, 2.24) is 0 Å². The first-order valence-corrected chi connectivity index (χ1v) is 6.09. The summed E-state index contributed by atoms with van der Waals surface area (Å²) < 4.78 is 11.2. The highest BCUT2D eigenvalue weighted by atomic mass is 16.5. The zero-order valence-corrected chi connectivity index (χ0v) is 10.3. The fourth-order valence-electron chi connectivity index (χ4n) is 2.10. The molecule has 0 saturated carbocycles. The first-order chi connectivity index (χ1) is 8.26. The van der Waals surface area contributed by atoms with Crippen molar-refractivity contribution < 1.29 is 14.6 Å². The molecule has 4 nitrogen and oxygen atoms in total. The van der Waals surface area contributed by atoms with E-state index in [9.17, 15) is 5.11 Å². The van der Waals surface area contributed by atoms with E-state index in [2.05, 4.69) is 5.32 Å². The molecule has 17 heavy (non-hydrogen) atoms. The standard InChI is InChI=1S/C13H19NO3/c1-3-16-11-5-6-12(17-4-2)13-10(11)7-9(15)8-14-13/h5-6,9,14-15H,3-4,7-8H2,1-2H3. The fourth-order valence-corrected chi connectivity index (χ4v) is 2.10. The van der Waals surface area contributed by atoms with Crippen molar-refractivity contribution in [2.75, 3.05) is 25.1 Å². The number of hydrogen-bond acceptors (Lipinski definition) is 4. The number of β-amino-alcohol motifs (C(OH)–C–C–N with tert-alkyl or cyclic N) is 1. The van der Waals surface area contributed by atoms with Crippen molar-refractivity contribution in [2.24, 2.45) is 0 Å². The van der Waals surface area contributed by atoms with Gasteiger partial charge in [0.25, 0.3) is 0 Å². The number of rotatable bonds is 4. The van der Waals surface area contributed by atoms with E-state index < -0.39 is 0 Å². The van der Waals surface area contributed by atoms with Crippen LogP contribution in [0.1, 0.15) is 19.4 Å². The minimum absolute atomic E-state index is 0.362. The van der Waals surface area contributed by atoms with Gasteiger partial charge >= 0.3 is 0 Å². The van der Waals surface area contributed by atoms with E-state index in [1.165, 1.54) is 0 Å². The smallest absolute Gasteiger partial charge is 0.142 e. The number of nitrogens with one attached hydrogen (secondary N) is 1. The summed E-state index contributed by atoms with van der Waals surface area (Å²) in [4.78, 5) is 0. The van der Waals surface area contributed by atoms with Gasteiger partial charge in [-0.25, -0.2) is 0 Å². The Bertz CT molecular complexity index is 392. The molecule has 0 radical (unpaired) electrons. The van der Waals surface area contributed by atoms with Gasteiger partial charge < -0.3 is 19.9 Å². The van der Waals surface area contributed by atoms with Gasteiger partial charge in [0.05, 0.1) is 25.0 Å². The molecule has 1 atom stereocenters. The first kappa shape index (κ1) is 12.0. The second kappa shape index (κ2) is 5.27. The second-order valence-electron chi connectivity index (χ2n) is 4.02. The van der Waals surface area contributed by atoms with Gasteiger partial charge in [-0.2, -0.15) is 0 Å². The lowest BCUT2D eigenvalue weighted by Crippen LogP contribution is -2.28. The molecule has 1 aliphatic heterocycles. The van der Waals surface area contributed by atoms with Gasteiger partial charge in [-0.3, -0.25) is 0 Å². The van der Waals surface area contributed by atoms with Crippen LogP contribution in [-0.2, 0) is 6.42 Å². The molecule has 4 heteroatoms. The average molecular weight is 237 g/mol. The highest BCUT2D eigenvalue weighted by Crippen LogP contribution is 2.38. The third-order valence-corrected chi connectivity index (χ3v) is 2.79. The number of aliphatic hydroxyl groups excluding tert-OH is 1. The Hall–Kier alpha value is -1.42. The minimum Gasteiger partial charge on any atom is -0.494 e. The zero-order chi connectivity index (χ0) is 12.3. The fraction of sp³-hybridized carbons (Fsp3) is 0.538. The molecule has 0 saturated heterocycles. The van der Waals surface area contributed by atoms with E-state index in [0.717, 1.165) is 22.7 Å².